The molecule has 1 aromatic rings. The molecule has 2 atom stereocenters. The van der Waals surface area contributed by atoms with Crippen molar-refractivity contribution in [2.24, 2.45) is 5.92 Å². The number of fused-ring (bicyclic) bond motifs is 3. The summed E-state index contributed by atoms with van der Waals surface area (Å²) in [5.74, 6) is 3.02. The third kappa shape index (κ3) is 4.11. The summed E-state index contributed by atoms with van der Waals surface area (Å²) in [7, 11) is 1.81. The van der Waals surface area contributed by atoms with Gasteiger partial charge in [-0.15, -0.1) is 0 Å². The molecule has 2 heteroatoms. The predicted molar refractivity (Wildman–Crippen MR) is 119 cm³/mol. The average molecular weight is 385 g/mol. The maximum Gasteiger partial charge on any atom is 0.127 e. The molecule has 0 aromatic heterocycles. The molecule has 1 heterocycles. The van der Waals surface area contributed by atoms with E-state index in [-0.39, 0.29) is 11.0 Å². The lowest BCUT2D eigenvalue weighted by atomic mass is 9.65. The van der Waals surface area contributed by atoms with Crippen LogP contribution < -0.4 is 9.47 Å². The quantitative estimate of drug-likeness (QED) is 0.357. The number of unbranched alkanes of at least 4 members (excludes halogenated alkanes) is 3. The Morgan fingerprint density at radius 2 is 1.96 bits per heavy atom. The fraction of sp³-hybridized carbons (Fsp3) is 0.692. The molecule has 0 N–H and O–H groups in total. The van der Waals surface area contributed by atoms with Gasteiger partial charge in [0.05, 0.1) is 7.11 Å². The van der Waals surface area contributed by atoms with Crippen LogP contribution in [0.5, 0.6) is 11.5 Å². The van der Waals surface area contributed by atoms with Crippen LogP contribution in [-0.2, 0) is 5.41 Å². The molecule has 1 fully saturated rings. The summed E-state index contributed by atoms with van der Waals surface area (Å²) in [6, 6.07) is 4.60. The largest absolute Gasteiger partial charge is 0.496 e. The summed E-state index contributed by atoms with van der Waals surface area (Å²) in [5, 5.41) is 0. The first-order valence-corrected chi connectivity index (χ1v) is 11.3. The molecule has 156 valence electrons. The molecule has 1 aliphatic heterocycles. The van der Waals surface area contributed by atoms with Crippen LogP contribution in [0.1, 0.15) is 103 Å². The number of rotatable bonds is 7. The van der Waals surface area contributed by atoms with E-state index in [2.05, 4.69) is 53.3 Å². The van der Waals surface area contributed by atoms with E-state index in [1.165, 1.54) is 48.8 Å². The first kappa shape index (κ1) is 21.3. The minimum atomic E-state index is -0.146. The molecule has 0 bridgehead atoms. The Hall–Kier alpha value is -1.44. The fourth-order valence-corrected chi connectivity index (χ4v) is 5.36. The predicted octanol–water partition coefficient (Wildman–Crippen LogP) is 7.55. The molecule has 0 unspecified atom stereocenters. The van der Waals surface area contributed by atoms with E-state index < -0.39 is 0 Å². The van der Waals surface area contributed by atoms with Crippen molar-refractivity contribution in [1.82, 2.24) is 0 Å². The smallest absolute Gasteiger partial charge is 0.127 e. The van der Waals surface area contributed by atoms with Crippen LogP contribution in [0, 0.1) is 5.92 Å². The van der Waals surface area contributed by atoms with Gasteiger partial charge in [-0.1, -0.05) is 58.6 Å². The molecule has 1 saturated carbocycles. The van der Waals surface area contributed by atoms with Crippen LogP contribution in [-0.4, -0.2) is 12.7 Å². The molecule has 0 saturated heterocycles. The monoisotopic (exact) mass is 384 g/mol. The molecule has 0 spiro atoms. The molecule has 28 heavy (non-hydrogen) atoms. The Balaban J connectivity index is 1.97. The highest BCUT2D eigenvalue weighted by Crippen LogP contribution is 2.56. The van der Waals surface area contributed by atoms with Gasteiger partial charge in [0.15, 0.2) is 0 Å². The number of allylic oxidation sites excluding steroid dienone is 1. The van der Waals surface area contributed by atoms with Gasteiger partial charge in [0.2, 0.25) is 0 Å². The summed E-state index contributed by atoms with van der Waals surface area (Å²) in [6.45, 7) is 15.8. The first-order valence-electron chi connectivity index (χ1n) is 11.3. The van der Waals surface area contributed by atoms with Gasteiger partial charge in [0, 0.05) is 17.4 Å². The van der Waals surface area contributed by atoms with Crippen molar-refractivity contribution in [1.29, 1.82) is 0 Å². The molecule has 0 radical (unpaired) electrons. The number of ether oxygens (including phenoxy) is 2. The third-order valence-corrected chi connectivity index (χ3v) is 7.20. The van der Waals surface area contributed by atoms with E-state index in [0.29, 0.717) is 11.8 Å². The Morgan fingerprint density at radius 3 is 2.64 bits per heavy atom. The van der Waals surface area contributed by atoms with Gasteiger partial charge in [0.1, 0.15) is 17.1 Å². The summed E-state index contributed by atoms with van der Waals surface area (Å²) < 4.78 is 12.6. The molecular formula is C26H40O2. The zero-order valence-electron chi connectivity index (χ0n) is 19.0. The molecule has 0 amide bonds. The minimum Gasteiger partial charge on any atom is -0.496 e. The number of benzene rings is 1. The Bertz CT molecular complexity index is 713. The molecule has 2 aliphatic rings. The first-order chi connectivity index (χ1) is 13.2. The summed E-state index contributed by atoms with van der Waals surface area (Å²) in [6.07, 6.45) is 9.73. The second-order valence-electron chi connectivity index (χ2n) is 10.2. The van der Waals surface area contributed by atoms with Crippen molar-refractivity contribution >= 4 is 0 Å². The van der Waals surface area contributed by atoms with Gasteiger partial charge >= 0.3 is 0 Å². The minimum absolute atomic E-state index is 0.122. The topological polar surface area (TPSA) is 18.5 Å². The van der Waals surface area contributed by atoms with E-state index >= 15 is 0 Å². The van der Waals surface area contributed by atoms with Crippen LogP contribution in [0.25, 0.3) is 0 Å². The van der Waals surface area contributed by atoms with E-state index in [4.69, 9.17) is 9.47 Å². The van der Waals surface area contributed by atoms with Crippen LogP contribution in [0.4, 0.5) is 0 Å². The summed E-state index contributed by atoms with van der Waals surface area (Å²) in [5.41, 5.74) is 3.96. The van der Waals surface area contributed by atoms with E-state index in [9.17, 15) is 0 Å². The van der Waals surface area contributed by atoms with Gasteiger partial charge in [-0.05, 0) is 62.6 Å². The maximum atomic E-state index is 6.64. The SMILES string of the molecule is C=C1CC[C@@H]2[C@@H](C1)c1c(OC)cc(C(C)(C)CCCCCC)cc1OC2(C)C. The van der Waals surface area contributed by atoms with Gasteiger partial charge in [-0.3, -0.25) is 0 Å². The highest BCUT2D eigenvalue weighted by Gasteiger charge is 2.47. The van der Waals surface area contributed by atoms with Crippen molar-refractivity contribution in [3.8, 4) is 11.5 Å². The van der Waals surface area contributed by atoms with Crippen LogP contribution in [0.3, 0.4) is 0 Å². The zero-order valence-corrected chi connectivity index (χ0v) is 19.0. The number of hydrogen-bond donors (Lipinski definition) is 0. The molecule has 2 nitrogen and oxygen atoms in total. The Morgan fingerprint density at radius 1 is 1.21 bits per heavy atom. The highest BCUT2D eigenvalue weighted by atomic mass is 16.5. The highest BCUT2D eigenvalue weighted by molar-refractivity contribution is 5.54. The van der Waals surface area contributed by atoms with Gasteiger partial charge in [-0.2, -0.15) is 0 Å². The molecule has 1 aromatic carbocycles. The van der Waals surface area contributed by atoms with Crippen molar-refractivity contribution < 1.29 is 9.47 Å². The van der Waals surface area contributed by atoms with Crippen molar-refractivity contribution in [3.63, 3.8) is 0 Å². The van der Waals surface area contributed by atoms with Crippen LogP contribution in [0.15, 0.2) is 24.3 Å². The Labute approximate surface area is 172 Å². The van der Waals surface area contributed by atoms with E-state index in [0.717, 1.165) is 30.8 Å². The number of hydrogen-bond acceptors (Lipinski definition) is 2. The van der Waals surface area contributed by atoms with Crippen LogP contribution in [0.2, 0.25) is 0 Å². The van der Waals surface area contributed by atoms with E-state index in [1.54, 1.807) is 7.11 Å². The van der Waals surface area contributed by atoms with Gasteiger partial charge < -0.3 is 9.47 Å². The lowest BCUT2D eigenvalue weighted by Crippen LogP contribution is -2.46. The standard InChI is InChI=1S/C26H40O2/c1-8-9-10-11-14-25(3,4)19-16-22(27-7)24-20-15-18(2)12-13-21(20)26(5,6)28-23(24)17-19/h16-17,20-21H,2,8-15H2,1,3-7H3/t20-,21-/m1/s1. The summed E-state index contributed by atoms with van der Waals surface area (Å²) in [4.78, 5) is 0. The fourth-order valence-electron chi connectivity index (χ4n) is 5.36. The molecule has 1 aliphatic carbocycles. The number of methoxy groups -OCH3 is 1. The van der Waals surface area contributed by atoms with Crippen molar-refractivity contribution in [3.05, 3.63) is 35.4 Å². The summed E-state index contributed by atoms with van der Waals surface area (Å²) >= 11 is 0. The second-order valence-corrected chi connectivity index (χ2v) is 10.2. The van der Waals surface area contributed by atoms with E-state index in [1.807, 2.05) is 0 Å². The van der Waals surface area contributed by atoms with Crippen molar-refractivity contribution in [2.75, 3.05) is 7.11 Å². The second kappa shape index (κ2) is 8.13. The molecular weight excluding hydrogens is 344 g/mol. The van der Waals surface area contributed by atoms with Gasteiger partial charge in [0.25, 0.3) is 0 Å². The Kier molecular flexibility index (Phi) is 6.17. The normalized spacial score (nSPS) is 23.6. The van der Waals surface area contributed by atoms with Crippen LogP contribution >= 0.6 is 0 Å². The van der Waals surface area contributed by atoms with Crippen molar-refractivity contribution in [2.45, 2.75) is 103 Å². The lowest BCUT2D eigenvalue weighted by molar-refractivity contribution is -0.000989. The average Bonchev–Trinajstić information content (AvgIpc) is 2.63. The third-order valence-electron chi connectivity index (χ3n) is 7.20. The zero-order chi connectivity index (χ0) is 20.5. The molecule has 3 rings (SSSR count). The lowest BCUT2D eigenvalue weighted by Gasteiger charge is -2.48. The van der Waals surface area contributed by atoms with Gasteiger partial charge in [-0.25, -0.2) is 0 Å². The maximum absolute atomic E-state index is 6.64.